The van der Waals surface area contributed by atoms with Gasteiger partial charge in [-0.3, -0.25) is 9.69 Å². The molecule has 0 atom stereocenters. The molecule has 18 heavy (non-hydrogen) atoms. The molecule has 1 aromatic rings. The molecule has 0 saturated heterocycles. The Kier molecular flexibility index (Phi) is 5.33. The minimum absolute atomic E-state index is 0.157. The van der Waals surface area contributed by atoms with Crippen LogP contribution in [-0.4, -0.2) is 28.4 Å². The lowest BCUT2D eigenvalue weighted by atomic mass is 10.2. The number of nitrogen functional groups attached to an aromatic ring is 1. The standard InChI is InChI=1S/C11H18ClN5O/c1-7(2)17(6-10(13)18)5-9-8(12)3-4-11(15-9)16-14/h3-4,7H,5-6,14H2,1-2H3,(H2,13,18)(H,15,16). The predicted octanol–water partition coefficient (Wildman–Crippen LogP) is 0.716. The molecule has 0 bridgehead atoms. The fourth-order valence-electron chi connectivity index (χ4n) is 1.49. The molecular weight excluding hydrogens is 254 g/mol. The second kappa shape index (κ2) is 6.53. The van der Waals surface area contributed by atoms with Crippen LogP contribution in [0.4, 0.5) is 5.82 Å². The summed E-state index contributed by atoms with van der Waals surface area (Å²) in [7, 11) is 0. The first-order chi connectivity index (χ1) is 8.43. The van der Waals surface area contributed by atoms with Crippen molar-refractivity contribution in [2.24, 2.45) is 11.6 Å². The molecule has 1 amide bonds. The van der Waals surface area contributed by atoms with Gasteiger partial charge in [-0.2, -0.15) is 0 Å². The Morgan fingerprint density at radius 2 is 2.22 bits per heavy atom. The molecule has 0 aliphatic carbocycles. The molecule has 0 fully saturated rings. The smallest absolute Gasteiger partial charge is 0.231 e. The highest BCUT2D eigenvalue weighted by Gasteiger charge is 2.15. The average molecular weight is 272 g/mol. The van der Waals surface area contributed by atoms with Gasteiger partial charge in [0.1, 0.15) is 5.82 Å². The molecule has 0 aliphatic rings. The number of amides is 1. The number of hydrogen-bond acceptors (Lipinski definition) is 5. The highest BCUT2D eigenvalue weighted by Crippen LogP contribution is 2.18. The highest BCUT2D eigenvalue weighted by molar-refractivity contribution is 6.31. The van der Waals surface area contributed by atoms with E-state index >= 15 is 0 Å². The number of anilines is 1. The van der Waals surface area contributed by atoms with Gasteiger partial charge in [-0.1, -0.05) is 11.6 Å². The summed E-state index contributed by atoms with van der Waals surface area (Å²) in [6, 6.07) is 3.55. The molecule has 0 aromatic carbocycles. The van der Waals surface area contributed by atoms with Crippen molar-refractivity contribution in [2.75, 3.05) is 12.0 Å². The molecule has 0 unspecified atom stereocenters. The lowest BCUT2D eigenvalue weighted by Gasteiger charge is -2.25. The first-order valence-corrected chi connectivity index (χ1v) is 5.96. The SMILES string of the molecule is CC(C)N(CC(N)=O)Cc1nc(NN)ccc1Cl. The quantitative estimate of drug-likeness (QED) is 0.523. The third kappa shape index (κ3) is 4.14. The Hall–Kier alpha value is -1.37. The van der Waals surface area contributed by atoms with E-state index < -0.39 is 0 Å². The molecule has 0 saturated carbocycles. The summed E-state index contributed by atoms with van der Waals surface area (Å²) in [5.41, 5.74) is 8.33. The van der Waals surface area contributed by atoms with Crippen LogP contribution < -0.4 is 17.0 Å². The molecule has 100 valence electrons. The largest absolute Gasteiger partial charge is 0.369 e. The number of carbonyl (C=O) groups excluding carboxylic acids is 1. The van der Waals surface area contributed by atoms with E-state index in [1.807, 2.05) is 18.7 Å². The van der Waals surface area contributed by atoms with Gasteiger partial charge in [-0.15, -0.1) is 0 Å². The van der Waals surface area contributed by atoms with Crippen LogP contribution in [0.2, 0.25) is 5.02 Å². The van der Waals surface area contributed by atoms with Gasteiger partial charge in [0.05, 0.1) is 17.3 Å². The number of halogens is 1. The number of nitrogens with two attached hydrogens (primary N) is 2. The van der Waals surface area contributed by atoms with Crippen molar-refractivity contribution < 1.29 is 4.79 Å². The van der Waals surface area contributed by atoms with Gasteiger partial charge < -0.3 is 11.2 Å². The third-order valence-electron chi connectivity index (χ3n) is 2.51. The summed E-state index contributed by atoms with van der Waals surface area (Å²) in [4.78, 5) is 17.2. The zero-order valence-electron chi connectivity index (χ0n) is 10.5. The Bertz CT molecular complexity index is 424. The molecule has 5 N–H and O–H groups in total. The molecule has 1 aromatic heterocycles. The number of rotatable bonds is 6. The third-order valence-corrected chi connectivity index (χ3v) is 2.85. The van der Waals surface area contributed by atoms with E-state index in [1.54, 1.807) is 12.1 Å². The van der Waals surface area contributed by atoms with Crippen molar-refractivity contribution in [1.29, 1.82) is 0 Å². The maximum absolute atomic E-state index is 11.0. The van der Waals surface area contributed by atoms with E-state index in [-0.39, 0.29) is 18.5 Å². The van der Waals surface area contributed by atoms with Gasteiger partial charge in [0.25, 0.3) is 0 Å². The zero-order valence-corrected chi connectivity index (χ0v) is 11.2. The molecule has 0 aliphatic heterocycles. The average Bonchev–Trinajstić information content (AvgIpc) is 2.30. The summed E-state index contributed by atoms with van der Waals surface area (Å²) >= 11 is 6.06. The highest BCUT2D eigenvalue weighted by atomic mass is 35.5. The Morgan fingerprint density at radius 1 is 1.56 bits per heavy atom. The normalized spacial score (nSPS) is 11.0. The van der Waals surface area contributed by atoms with E-state index in [2.05, 4.69) is 10.4 Å². The number of hydrogen-bond donors (Lipinski definition) is 3. The van der Waals surface area contributed by atoms with Crippen molar-refractivity contribution in [3.8, 4) is 0 Å². The first-order valence-electron chi connectivity index (χ1n) is 5.58. The van der Waals surface area contributed by atoms with E-state index in [0.717, 1.165) is 0 Å². The molecule has 1 rings (SSSR count). The van der Waals surface area contributed by atoms with Crippen molar-refractivity contribution in [1.82, 2.24) is 9.88 Å². The van der Waals surface area contributed by atoms with E-state index in [9.17, 15) is 4.79 Å². The van der Waals surface area contributed by atoms with Crippen LogP contribution >= 0.6 is 11.6 Å². The van der Waals surface area contributed by atoms with Gasteiger partial charge >= 0.3 is 0 Å². The monoisotopic (exact) mass is 271 g/mol. The molecule has 0 radical (unpaired) electrons. The second-order valence-electron chi connectivity index (χ2n) is 4.23. The van der Waals surface area contributed by atoms with Crippen LogP contribution in [0, 0.1) is 0 Å². The van der Waals surface area contributed by atoms with E-state index in [0.29, 0.717) is 23.1 Å². The van der Waals surface area contributed by atoms with Gasteiger partial charge in [-0.05, 0) is 26.0 Å². The molecule has 6 nitrogen and oxygen atoms in total. The number of pyridine rings is 1. The van der Waals surface area contributed by atoms with Crippen LogP contribution in [0.3, 0.4) is 0 Å². The Labute approximate surface area is 111 Å². The lowest BCUT2D eigenvalue weighted by Crippen LogP contribution is -2.38. The van der Waals surface area contributed by atoms with E-state index in [4.69, 9.17) is 23.2 Å². The number of nitrogens with zero attached hydrogens (tertiary/aromatic N) is 2. The van der Waals surface area contributed by atoms with Crippen LogP contribution in [0.1, 0.15) is 19.5 Å². The van der Waals surface area contributed by atoms with Gasteiger partial charge in [0.2, 0.25) is 5.91 Å². The van der Waals surface area contributed by atoms with Gasteiger partial charge in [-0.25, -0.2) is 10.8 Å². The Balaban J connectivity index is 2.88. The second-order valence-corrected chi connectivity index (χ2v) is 4.64. The van der Waals surface area contributed by atoms with Crippen LogP contribution in [-0.2, 0) is 11.3 Å². The fraction of sp³-hybridized carbons (Fsp3) is 0.455. The number of primary amides is 1. The molecule has 0 spiro atoms. The van der Waals surface area contributed by atoms with Crippen LogP contribution in [0.15, 0.2) is 12.1 Å². The summed E-state index contributed by atoms with van der Waals surface area (Å²) < 4.78 is 0. The number of hydrazine groups is 1. The summed E-state index contributed by atoms with van der Waals surface area (Å²) in [5, 5.41) is 0.532. The van der Waals surface area contributed by atoms with Crippen molar-refractivity contribution in [2.45, 2.75) is 26.4 Å². The molecule has 1 heterocycles. The van der Waals surface area contributed by atoms with Crippen molar-refractivity contribution in [3.05, 3.63) is 22.8 Å². The van der Waals surface area contributed by atoms with Gasteiger partial charge in [0, 0.05) is 12.6 Å². The van der Waals surface area contributed by atoms with Crippen LogP contribution in [0.5, 0.6) is 0 Å². The van der Waals surface area contributed by atoms with Gasteiger partial charge in [0.15, 0.2) is 0 Å². The summed E-state index contributed by atoms with van der Waals surface area (Å²) in [6.45, 7) is 4.55. The van der Waals surface area contributed by atoms with E-state index in [1.165, 1.54) is 0 Å². The maximum atomic E-state index is 11.0. The van der Waals surface area contributed by atoms with Crippen molar-refractivity contribution >= 4 is 23.3 Å². The summed E-state index contributed by atoms with van der Waals surface area (Å²) in [6.07, 6.45) is 0. The topological polar surface area (TPSA) is 97.3 Å². The van der Waals surface area contributed by atoms with Crippen molar-refractivity contribution in [3.63, 3.8) is 0 Å². The number of nitrogens with one attached hydrogen (secondary N) is 1. The lowest BCUT2D eigenvalue weighted by molar-refractivity contribution is -0.119. The number of carbonyl (C=O) groups is 1. The number of aromatic nitrogens is 1. The molecule has 7 heteroatoms. The summed E-state index contributed by atoms with van der Waals surface area (Å²) in [5.74, 6) is 5.44. The van der Waals surface area contributed by atoms with Crippen LogP contribution in [0.25, 0.3) is 0 Å². The Morgan fingerprint density at radius 3 is 2.72 bits per heavy atom. The minimum atomic E-state index is -0.382. The fourth-order valence-corrected chi connectivity index (χ4v) is 1.65. The predicted molar refractivity (Wildman–Crippen MR) is 71.8 cm³/mol. The minimum Gasteiger partial charge on any atom is -0.369 e. The maximum Gasteiger partial charge on any atom is 0.231 e. The first kappa shape index (κ1) is 14.7. The molecular formula is C11H18ClN5O. The zero-order chi connectivity index (χ0) is 13.7.